The van der Waals surface area contributed by atoms with Crippen molar-refractivity contribution in [3.63, 3.8) is 0 Å². The van der Waals surface area contributed by atoms with Crippen LogP contribution in [0.15, 0.2) is 17.9 Å². The number of aryl methyl sites for hydroxylation is 1. The first-order valence-electron chi connectivity index (χ1n) is 5.60. The van der Waals surface area contributed by atoms with Crippen LogP contribution in [-0.2, 0) is 4.74 Å². The maximum Gasteiger partial charge on any atom is 0.228 e. The zero-order valence-corrected chi connectivity index (χ0v) is 10.7. The van der Waals surface area contributed by atoms with E-state index >= 15 is 0 Å². The van der Waals surface area contributed by atoms with Gasteiger partial charge in [-0.2, -0.15) is 0 Å². The van der Waals surface area contributed by atoms with Crippen LogP contribution in [0.5, 0.6) is 5.75 Å². The summed E-state index contributed by atoms with van der Waals surface area (Å²) in [6, 6.07) is 1.43. The number of rotatable bonds is 2. The van der Waals surface area contributed by atoms with E-state index in [2.05, 4.69) is 0 Å². The highest BCUT2D eigenvalue weighted by molar-refractivity contribution is 6.25. The molecule has 0 amide bonds. The number of benzene rings is 1. The van der Waals surface area contributed by atoms with Gasteiger partial charge in [-0.05, 0) is 25.5 Å². The van der Waals surface area contributed by atoms with Gasteiger partial charge in [-0.3, -0.25) is 14.4 Å². The zero-order valence-electron chi connectivity index (χ0n) is 10.7. The predicted octanol–water partition coefficient (Wildman–Crippen LogP) is 1.81. The molecule has 0 saturated carbocycles. The van der Waals surface area contributed by atoms with Gasteiger partial charge >= 0.3 is 0 Å². The van der Waals surface area contributed by atoms with E-state index in [0.29, 0.717) is 5.56 Å². The third-order valence-corrected chi connectivity index (χ3v) is 3.05. The van der Waals surface area contributed by atoms with E-state index in [1.54, 1.807) is 6.92 Å². The van der Waals surface area contributed by atoms with Gasteiger partial charge in [0, 0.05) is 11.6 Å². The minimum atomic E-state index is -0.550. The Kier molecular flexibility index (Phi) is 2.98. The van der Waals surface area contributed by atoms with Crippen LogP contribution in [0.2, 0.25) is 0 Å². The number of carbonyl (C=O) groups excluding carboxylic acids is 3. The number of Topliss-reactive ketones (excluding diaryl/α,β-unsaturated/α-hetero) is 2. The van der Waals surface area contributed by atoms with Crippen molar-refractivity contribution in [1.82, 2.24) is 0 Å². The molecule has 19 heavy (non-hydrogen) atoms. The van der Waals surface area contributed by atoms with Crippen molar-refractivity contribution in [3.8, 4) is 5.75 Å². The topological polar surface area (TPSA) is 80.7 Å². The zero-order chi connectivity index (χ0) is 14.3. The molecule has 1 aliphatic carbocycles. The summed E-state index contributed by atoms with van der Waals surface area (Å²) in [7, 11) is 1.29. The first-order valence-corrected chi connectivity index (χ1v) is 5.60. The van der Waals surface area contributed by atoms with Gasteiger partial charge < -0.3 is 9.84 Å². The van der Waals surface area contributed by atoms with Gasteiger partial charge in [0.1, 0.15) is 5.75 Å². The molecule has 5 nitrogen and oxygen atoms in total. The Morgan fingerprint density at radius 3 is 2.47 bits per heavy atom. The summed E-state index contributed by atoms with van der Waals surface area (Å²) < 4.78 is 4.83. The second-order valence-electron chi connectivity index (χ2n) is 4.30. The molecule has 0 unspecified atom stereocenters. The molecule has 0 saturated heterocycles. The van der Waals surface area contributed by atoms with Crippen LogP contribution in [0.4, 0.5) is 0 Å². The number of ether oxygens (including phenoxy) is 1. The van der Waals surface area contributed by atoms with E-state index in [0.717, 1.165) is 6.08 Å². The normalized spacial score (nSPS) is 13.9. The quantitative estimate of drug-likeness (QED) is 0.820. The van der Waals surface area contributed by atoms with Crippen LogP contribution in [0.1, 0.15) is 43.6 Å². The summed E-state index contributed by atoms with van der Waals surface area (Å²) in [5, 5.41) is 10.1. The Morgan fingerprint density at radius 1 is 1.32 bits per heavy atom. The fourth-order valence-corrected chi connectivity index (χ4v) is 2.21. The molecule has 1 aromatic rings. The summed E-state index contributed by atoms with van der Waals surface area (Å²) >= 11 is 0. The molecule has 1 aromatic carbocycles. The molecule has 0 heterocycles. The number of hydrogen-bond acceptors (Lipinski definition) is 5. The molecule has 98 valence electrons. The highest BCUT2D eigenvalue weighted by Crippen LogP contribution is 2.34. The molecule has 2 rings (SSSR count). The monoisotopic (exact) mass is 260 g/mol. The summed E-state index contributed by atoms with van der Waals surface area (Å²) in [4.78, 5) is 35.5. The molecule has 5 heteroatoms. The lowest BCUT2D eigenvalue weighted by Crippen LogP contribution is -2.19. The highest BCUT2D eigenvalue weighted by atomic mass is 16.5. The van der Waals surface area contributed by atoms with Gasteiger partial charge in [-0.15, -0.1) is 0 Å². The molecule has 1 aliphatic rings. The number of allylic oxidation sites excluding steroid dienone is 2. The first kappa shape index (κ1) is 13.0. The molecule has 0 radical (unpaired) electrons. The van der Waals surface area contributed by atoms with E-state index in [4.69, 9.17) is 4.74 Å². The molecule has 0 aromatic heterocycles. The van der Waals surface area contributed by atoms with Crippen molar-refractivity contribution in [2.45, 2.75) is 13.8 Å². The van der Waals surface area contributed by atoms with Gasteiger partial charge in [-0.1, -0.05) is 0 Å². The molecule has 0 bridgehead atoms. The van der Waals surface area contributed by atoms with Crippen molar-refractivity contribution in [3.05, 3.63) is 40.2 Å². The van der Waals surface area contributed by atoms with Crippen molar-refractivity contribution in [2.24, 2.45) is 0 Å². The molecule has 1 N–H and O–H groups in total. The van der Waals surface area contributed by atoms with E-state index in [1.165, 1.54) is 20.1 Å². The Balaban J connectivity index is 2.79. The van der Waals surface area contributed by atoms with Crippen molar-refractivity contribution in [1.29, 1.82) is 0 Å². The lowest BCUT2D eigenvalue weighted by molar-refractivity contribution is 0.0913. The molecule has 0 atom stereocenters. The van der Waals surface area contributed by atoms with Crippen LogP contribution < -0.4 is 0 Å². The SMILES string of the molecule is COC1=CC(=O)c2c(cc(C)c(C(C)=O)c2O)C1=O. The number of phenols is 1. The molecule has 0 aliphatic heterocycles. The maximum atomic E-state index is 12.0. The lowest BCUT2D eigenvalue weighted by atomic mass is 9.87. The number of fused-ring (bicyclic) bond motifs is 1. The van der Waals surface area contributed by atoms with Crippen LogP contribution in [0.25, 0.3) is 0 Å². The minimum absolute atomic E-state index is 0.0596. The van der Waals surface area contributed by atoms with E-state index < -0.39 is 17.3 Å². The summed E-state index contributed by atoms with van der Waals surface area (Å²) in [6.07, 6.45) is 1.02. The van der Waals surface area contributed by atoms with Crippen LogP contribution in [0.3, 0.4) is 0 Å². The maximum absolute atomic E-state index is 12.0. The smallest absolute Gasteiger partial charge is 0.228 e. The number of aromatic hydroxyl groups is 1. The number of phenolic OH excluding ortho intramolecular Hbond substituents is 1. The van der Waals surface area contributed by atoms with E-state index in [1.807, 2.05) is 0 Å². The average Bonchev–Trinajstić information content (AvgIpc) is 2.32. The van der Waals surface area contributed by atoms with Gasteiger partial charge in [0.25, 0.3) is 0 Å². The standard InChI is InChI=1S/C14H12O5/c1-6-4-8-12(14(18)11(6)7(2)15)9(16)5-10(19-3)13(8)17/h4-5,18H,1-3H3. The predicted molar refractivity (Wildman–Crippen MR) is 66.6 cm³/mol. The lowest BCUT2D eigenvalue weighted by Gasteiger charge is -2.18. The first-order chi connectivity index (χ1) is 8.88. The van der Waals surface area contributed by atoms with Crippen LogP contribution in [0, 0.1) is 6.92 Å². The Bertz CT molecular complexity index is 652. The van der Waals surface area contributed by atoms with E-state index in [-0.39, 0.29) is 28.2 Å². The minimum Gasteiger partial charge on any atom is -0.506 e. The van der Waals surface area contributed by atoms with Crippen LogP contribution in [-0.4, -0.2) is 29.6 Å². The van der Waals surface area contributed by atoms with Crippen molar-refractivity contribution in [2.75, 3.05) is 7.11 Å². The number of hydrogen-bond donors (Lipinski definition) is 1. The summed E-state index contributed by atoms with van der Waals surface area (Å²) in [6.45, 7) is 2.89. The van der Waals surface area contributed by atoms with Gasteiger partial charge in [0.2, 0.25) is 5.78 Å². The fraction of sp³-hybridized carbons (Fsp3) is 0.214. The second kappa shape index (κ2) is 4.35. The third-order valence-electron chi connectivity index (χ3n) is 3.05. The highest BCUT2D eigenvalue weighted by Gasteiger charge is 2.31. The van der Waals surface area contributed by atoms with Gasteiger partial charge in [0.15, 0.2) is 17.3 Å². The molecule has 0 fully saturated rings. The summed E-state index contributed by atoms with van der Waals surface area (Å²) in [5.74, 6) is -1.91. The Morgan fingerprint density at radius 2 is 1.95 bits per heavy atom. The van der Waals surface area contributed by atoms with Crippen molar-refractivity contribution < 1.29 is 24.2 Å². The molecular weight excluding hydrogens is 248 g/mol. The largest absolute Gasteiger partial charge is 0.506 e. The molecule has 0 spiro atoms. The fourth-order valence-electron chi connectivity index (χ4n) is 2.21. The Hall–Kier alpha value is -2.43. The third kappa shape index (κ3) is 1.83. The summed E-state index contributed by atoms with van der Waals surface area (Å²) in [5.41, 5.74) is 0.433. The number of carbonyl (C=O) groups is 3. The van der Waals surface area contributed by atoms with E-state index in [9.17, 15) is 19.5 Å². The number of ketones is 3. The Labute approximate surface area is 109 Å². The van der Waals surface area contributed by atoms with Gasteiger partial charge in [0.05, 0.1) is 18.2 Å². The number of methoxy groups -OCH3 is 1. The second-order valence-corrected chi connectivity index (χ2v) is 4.30. The average molecular weight is 260 g/mol. The molecular formula is C14H12O5. The van der Waals surface area contributed by atoms with Crippen LogP contribution >= 0.6 is 0 Å². The van der Waals surface area contributed by atoms with Gasteiger partial charge in [-0.25, -0.2) is 0 Å². The van der Waals surface area contributed by atoms with Crippen molar-refractivity contribution >= 4 is 17.3 Å².